The third-order valence-electron chi connectivity index (χ3n) is 3.04. The topological polar surface area (TPSA) is 57.8 Å². The van der Waals surface area contributed by atoms with E-state index in [0.29, 0.717) is 12.2 Å². The zero-order valence-electron chi connectivity index (χ0n) is 10.9. The number of hydrogen-bond acceptors (Lipinski definition) is 2. The SMILES string of the molecule is Cc1ccc(CNC(=O)c2n[nH]c(C)c2C)cc1. The molecule has 1 aromatic carbocycles. The number of nitrogens with zero attached hydrogens (tertiary/aromatic N) is 1. The van der Waals surface area contributed by atoms with E-state index in [1.807, 2.05) is 45.0 Å². The van der Waals surface area contributed by atoms with E-state index in [2.05, 4.69) is 15.5 Å². The molecule has 0 spiro atoms. The molecule has 0 aliphatic heterocycles. The van der Waals surface area contributed by atoms with E-state index in [-0.39, 0.29) is 5.91 Å². The van der Waals surface area contributed by atoms with Crippen LogP contribution >= 0.6 is 0 Å². The Balaban J connectivity index is 2.00. The quantitative estimate of drug-likeness (QED) is 0.868. The largest absolute Gasteiger partial charge is 0.347 e. The van der Waals surface area contributed by atoms with Crippen LogP contribution in [0.1, 0.15) is 32.9 Å². The first-order chi connectivity index (χ1) is 8.58. The first-order valence-corrected chi connectivity index (χ1v) is 5.93. The number of amides is 1. The van der Waals surface area contributed by atoms with Crippen LogP contribution in [-0.2, 0) is 6.54 Å². The average molecular weight is 243 g/mol. The number of aryl methyl sites for hydroxylation is 2. The Bertz CT molecular complexity index is 555. The summed E-state index contributed by atoms with van der Waals surface area (Å²) in [4.78, 5) is 11.9. The molecule has 0 aliphatic rings. The number of carbonyl (C=O) groups is 1. The molecule has 0 radical (unpaired) electrons. The molecular formula is C14H17N3O. The first-order valence-electron chi connectivity index (χ1n) is 5.93. The second-order valence-electron chi connectivity index (χ2n) is 4.49. The molecule has 0 atom stereocenters. The van der Waals surface area contributed by atoms with E-state index < -0.39 is 0 Å². The predicted molar refractivity (Wildman–Crippen MR) is 70.4 cm³/mol. The molecular weight excluding hydrogens is 226 g/mol. The highest BCUT2D eigenvalue weighted by Crippen LogP contribution is 2.08. The van der Waals surface area contributed by atoms with Gasteiger partial charge in [-0.15, -0.1) is 0 Å². The van der Waals surface area contributed by atoms with E-state index in [9.17, 15) is 4.79 Å². The number of rotatable bonds is 3. The number of nitrogens with one attached hydrogen (secondary N) is 2. The summed E-state index contributed by atoms with van der Waals surface area (Å²) in [7, 11) is 0. The van der Waals surface area contributed by atoms with Crippen LogP contribution in [0.5, 0.6) is 0 Å². The molecule has 0 fully saturated rings. The van der Waals surface area contributed by atoms with Gasteiger partial charge in [0.25, 0.3) is 5.91 Å². The van der Waals surface area contributed by atoms with Crippen LogP contribution in [-0.4, -0.2) is 16.1 Å². The van der Waals surface area contributed by atoms with Gasteiger partial charge >= 0.3 is 0 Å². The van der Waals surface area contributed by atoms with Gasteiger partial charge in [-0.1, -0.05) is 29.8 Å². The number of H-pyrrole nitrogens is 1. The molecule has 0 saturated carbocycles. The lowest BCUT2D eigenvalue weighted by atomic mass is 10.1. The number of aromatic amines is 1. The summed E-state index contributed by atoms with van der Waals surface area (Å²) in [6.07, 6.45) is 0. The second-order valence-corrected chi connectivity index (χ2v) is 4.49. The number of hydrogen-bond donors (Lipinski definition) is 2. The van der Waals surface area contributed by atoms with Gasteiger partial charge in [0.1, 0.15) is 0 Å². The Hall–Kier alpha value is -2.10. The smallest absolute Gasteiger partial charge is 0.272 e. The number of carbonyl (C=O) groups excluding carboxylic acids is 1. The molecule has 0 aliphatic carbocycles. The molecule has 2 rings (SSSR count). The Morgan fingerprint density at radius 2 is 1.89 bits per heavy atom. The molecule has 1 heterocycles. The lowest BCUT2D eigenvalue weighted by Crippen LogP contribution is -2.23. The minimum absolute atomic E-state index is 0.141. The normalized spacial score (nSPS) is 10.4. The minimum atomic E-state index is -0.141. The molecule has 18 heavy (non-hydrogen) atoms. The number of aromatic nitrogens is 2. The third kappa shape index (κ3) is 2.59. The molecule has 2 N–H and O–H groups in total. The van der Waals surface area contributed by atoms with Crippen LogP contribution in [0.4, 0.5) is 0 Å². The third-order valence-corrected chi connectivity index (χ3v) is 3.04. The minimum Gasteiger partial charge on any atom is -0.347 e. The molecule has 4 nitrogen and oxygen atoms in total. The molecule has 2 aromatic rings. The Labute approximate surface area is 106 Å². The highest BCUT2D eigenvalue weighted by molar-refractivity contribution is 5.93. The van der Waals surface area contributed by atoms with Crippen molar-refractivity contribution in [3.05, 3.63) is 52.3 Å². The van der Waals surface area contributed by atoms with Crippen molar-refractivity contribution < 1.29 is 4.79 Å². The summed E-state index contributed by atoms with van der Waals surface area (Å²) in [6.45, 7) is 6.35. The summed E-state index contributed by atoms with van der Waals surface area (Å²) in [6, 6.07) is 8.09. The first kappa shape index (κ1) is 12.4. The van der Waals surface area contributed by atoms with Crippen molar-refractivity contribution in [1.29, 1.82) is 0 Å². The van der Waals surface area contributed by atoms with E-state index in [4.69, 9.17) is 0 Å². The Morgan fingerprint density at radius 1 is 1.22 bits per heavy atom. The fourth-order valence-electron chi connectivity index (χ4n) is 1.68. The fraction of sp³-hybridized carbons (Fsp3) is 0.286. The maximum Gasteiger partial charge on any atom is 0.272 e. The molecule has 0 saturated heterocycles. The van der Waals surface area contributed by atoms with Crippen LogP contribution in [0.25, 0.3) is 0 Å². The molecule has 4 heteroatoms. The Kier molecular flexibility index (Phi) is 3.46. The maximum absolute atomic E-state index is 11.9. The van der Waals surface area contributed by atoms with Crippen LogP contribution < -0.4 is 5.32 Å². The van der Waals surface area contributed by atoms with Crippen molar-refractivity contribution in [1.82, 2.24) is 15.5 Å². The van der Waals surface area contributed by atoms with Crippen LogP contribution in [0.3, 0.4) is 0 Å². The zero-order valence-corrected chi connectivity index (χ0v) is 10.9. The van der Waals surface area contributed by atoms with Gasteiger partial charge in [0, 0.05) is 17.8 Å². The van der Waals surface area contributed by atoms with E-state index in [0.717, 1.165) is 16.8 Å². The van der Waals surface area contributed by atoms with Crippen molar-refractivity contribution in [3.8, 4) is 0 Å². The standard InChI is InChI=1S/C14H17N3O/c1-9-4-6-12(7-5-9)8-15-14(18)13-10(2)11(3)16-17-13/h4-7H,8H2,1-3H3,(H,15,18)(H,16,17). The van der Waals surface area contributed by atoms with E-state index in [1.165, 1.54) is 5.56 Å². The maximum atomic E-state index is 11.9. The summed E-state index contributed by atoms with van der Waals surface area (Å²) in [5.41, 5.74) is 4.59. The van der Waals surface area contributed by atoms with E-state index in [1.54, 1.807) is 0 Å². The lowest BCUT2D eigenvalue weighted by Gasteiger charge is -2.04. The van der Waals surface area contributed by atoms with Crippen LogP contribution in [0.15, 0.2) is 24.3 Å². The molecule has 1 amide bonds. The summed E-state index contributed by atoms with van der Waals surface area (Å²) in [5.74, 6) is -0.141. The summed E-state index contributed by atoms with van der Waals surface area (Å²) < 4.78 is 0. The van der Waals surface area contributed by atoms with Crippen LogP contribution in [0.2, 0.25) is 0 Å². The average Bonchev–Trinajstić information content (AvgIpc) is 2.69. The van der Waals surface area contributed by atoms with Crippen LogP contribution in [0, 0.1) is 20.8 Å². The Morgan fingerprint density at radius 3 is 2.44 bits per heavy atom. The molecule has 0 bridgehead atoms. The monoisotopic (exact) mass is 243 g/mol. The summed E-state index contributed by atoms with van der Waals surface area (Å²) >= 11 is 0. The molecule has 0 unspecified atom stereocenters. The van der Waals surface area contributed by atoms with Gasteiger partial charge in [-0.3, -0.25) is 9.89 Å². The van der Waals surface area contributed by atoms with Crippen molar-refractivity contribution in [2.24, 2.45) is 0 Å². The fourth-order valence-corrected chi connectivity index (χ4v) is 1.68. The highest BCUT2D eigenvalue weighted by atomic mass is 16.1. The zero-order chi connectivity index (χ0) is 13.1. The van der Waals surface area contributed by atoms with Crippen molar-refractivity contribution in [3.63, 3.8) is 0 Å². The van der Waals surface area contributed by atoms with Gasteiger partial charge < -0.3 is 5.32 Å². The van der Waals surface area contributed by atoms with Crippen molar-refractivity contribution >= 4 is 5.91 Å². The van der Waals surface area contributed by atoms with E-state index >= 15 is 0 Å². The van der Waals surface area contributed by atoms with Gasteiger partial charge in [-0.05, 0) is 26.3 Å². The van der Waals surface area contributed by atoms with Gasteiger partial charge in [0.15, 0.2) is 5.69 Å². The van der Waals surface area contributed by atoms with Crippen molar-refractivity contribution in [2.75, 3.05) is 0 Å². The molecule has 94 valence electrons. The van der Waals surface area contributed by atoms with Crippen molar-refractivity contribution in [2.45, 2.75) is 27.3 Å². The molecule has 1 aromatic heterocycles. The van der Waals surface area contributed by atoms with Gasteiger partial charge in [0.05, 0.1) is 0 Å². The summed E-state index contributed by atoms with van der Waals surface area (Å²) in [5, 5.41) is 9.68. The lowest BCUT2D eigenvalue weighted by molar-refractivity contribution is 0.0945. The highest BCUT2D eigenvalue weighted by Gasteiger charge is 2.13. The predicted octanol–water partition coefficient (Wildman–Crippen LogP) is 2.26. The number of benzene rings is 1. The van der Waals surface area contributed by atoms with Gasteiger partial charge in [0.2, 0.25) is 0 Å². The van der Waals surface area contributed by atoms with Gasteiger partial charge in [-0.2, -0.15) is 5.10 Å². The second kappa shape index (κ2) is 5.04. The van der Waals surface area contributed by atoms with Gasteiger partial charge in [-0.25, -0.2) is 0 Å².